The van der Waals surface area contributed by atoms with Crippen molar-refractivity contribution < 1.29 is 35.9 Å². The highest BCUT2D eigenvalue weighted by Crippen LogP contribution is 2.39. The molecule has 0 atom stereocenters. The van der Waals surface area contributed by atoms with Crippen LogP contribution in [0.25, 0.3) is 11.3 Å². The Morgan fingerprint density at radius 2 is 1.69 bits per heavy atom. The van der Waals surface area contributed by atoms with Crippen LogP contribution in [-0.2, 0) is 32.3 Å². The number of hydrogen-bond donors (Lipinski definition) is 3. The molecule has 1 aromatic heterocycles. The van der Waals surface area contributed by atoms with E-state index in [2.05, 4.69) is 15.4 Å². The number of alkyl halides is 3. The summed E-state index contributed by atoms with van der Waals surface area (Å²) >= 11 is 0. The fourth-order valence-corrected chi connectivity index (χ4v) is 8.06. The van der Waals surface area contributed by atoms with Gasteiger partial charge in [0, 0.05) is 50.3 Å². The number of nitrogens with zero attached hydrogens (tertiary/aromatic N) is 1. The molecule has 0 radical (unpaired) electrons. The van der Waals surface area contributed by atoms with Crippen molar-refractivity contribution in [2.45, 2.75) is 95.8 Å². The molecule has 2 aromatic rings. The van der Waals surface area contributed by atoms with Crippen molar-refractivity contribution in [3.8, 4) is 11.3 Å². The second kappa shape index (κ2) is 13.4. The van der Waals surface area contributed by atoms with Crippen LogP contribution in [0, 0.1) is 18.3 Å². The first-order valence-electron chi connectivity index (χ1n) is 15.5. The van der Waals surface area contributed by atoms with Gasteiger partial charge in [-0.25, -0.2) is 13.1 Å². The minimum atomic E-state index is -4.95. The maximum atomic E-state index is 14.4. The SMILES string of the molecule is CNC(=O)C1(CNC(=O)c2cc(-c3ccc(S(=O)(=O)NC(C)(C)C)c(C(F)(F)F)c3)n(CC3CCCCC3)c2C)CCOCC1. The van der Waals surface area contributed by atoms with Crippen LogP contribution in [0.1, 0.15) is 87.3 Å². The van der Waals surface area contributed by atoms with E-state index in [1.165, 1.54) is 6.07 Å². The summed E-state index contributed by atoms with van der Waals surface area (Å²) < 4.78 is 78.9. The first-order chi connectivity index (χ1) is 21.0. The topological polar surface area (TPSA) is 119 Å². The quantitative estimate of drug-likeness (QED) is 0.334. The van der Waals surface area contributed by atoms with Gasteiger partial charge in [0.25, 0.3) is 5.91 Å². The average Bonchev–Trinajstić information content (AvgIpc) is 3.30. The van der Waals surface area contributed by atoms with Crippen molar-refractivity contribution in [1.82, 2.24) is 19.9 Å². The van der Waals surface area contributed by atoms with E-state index >= 15 is 0 Å². The summed E-state index contributed by atoms with van der Waals surface area (Å²) in [5.74, 6) is -0.333. The molecular weight excluding hydrogens is 609 g/mol. The lowest BCUT2D eigenvalue weighted by Crippen LogP contribution is -2.50. The fourth-order valence-electron chi connectivity index (χ4n) is 6.44. The summed E-state index contributed by atoms with van der Waals surface area (Å²) in [5.41, 5.74) is -1.66. The zero-order valence-electron chi connectivity index (χ0n) is 26.7. The van der Waals surface area contributed by atoms with Crippen molar-refractivity contribution in [3.05, 3.63) is 41.1 Å². The summed E-state index contributed by atoms with van der Waals surface area (Å²) in [5, 5.41) is 5.60. The third kappa shape index (κ3) is 8.10. The number of rotatable bonds is 9. The summed E-state index contributed by atoms with van der Waals surface area (Å²) in [6, 6.07) is 4.77. The van der Waals surface area contributed by atoms with Crippen LogP contribution in [0.2, 0.25) is 0 Å². The van der Waals surface area contributed by atoms with Crippen LogP contribution in [0.3, 0.4) is 0 Å². The molecule has 9 nitrogen and oxygen atoms in total. The molecule has 2 aliphatic rings. The van der Waals surface area contributed by atoms with Crippen molar-refractivity contribution >= 4 is 21.8 Å². The van der Waals surface area contributed by atoms with Gasteiger partial charge < -0.3 is 19.9 Å². The van der Waals surface area contributed by atoms with Gasteiger partial charge in [-0.3, -0.25) is 9.59 Å². The Morgan fingerprint density at radius 1 is 1.04 bits per heavy atom. The fraction of sp³-hybridized carbons (Fsp3) is 0.625. The number of carbonyl (C=O) groups is 2. The Bertz CT molecular complexity index is 1500. The van der Waals surface area contributed by atoms with E-state index in [9.17, 15) is 31.2 Å². The number of hydrogen-bond acceptors (Lipinski definition) is 5. The molecule has 250 valence electrons. The van der Waals surface area contributed by atoms with Crippen LogP contribution in [0.5, 0.6) is 0 Å². The van der Waals surface area contributed by atoms with Gasteiger partial charge in [0.2, 0.25) is 15.9 Å². The van der Waals surface area contributed by atoms with Gasteiger partial charge in [-0.1, -0.05) is 25.3 Å². The molecule has 45 heavy (non-hydrogen) atoms. The van der Waals surface area contributed by atoms with E-state index in [1.54, 1.807) is 40.8 Å². The van der Waals surface area contributed by atoms with E-state index in [4.69, 9.17) is 4.74 Å². The molecule has 1 saturated heterocycles. The summed E-state index contributed by atoms with van der Waals surface area (Å²) in [6.45, 7) is 7.81. The average molecular weight is 655 g/mol. The van der Waals surface area contributed by atoms with E-state index in [0.717, 1.165) is 44.2 Å². The van der Waals surface area contributed by atoms with Crippen LogP contribution in [0.15, 0.2) is 29.2 Å². The summed E-state index contributed by atoms with van der Waals surface area (Å²) in [6.07, 6.45) is 1.13. The van der Waals surface area contributed by atoms with E-state index in [1.807, 2.05) is 4.57 Å². The normalized spacial score (nSPS) is 18.0. The Morgan fingerprint density at radius 3 is 2.27 bits per heavy atom. The van der Waals surface area contributed by atoms with E-state index in [0.29, 0.717) is 49.6 Å². The predicted molar refractivity (Wildman–Crippen MR) is 165 cm³/mol. The van der Waals surface area contributed by atoms with Crippen molar-refractivity contribution in [2.24, 2.45) is 11.3 Å². The monoisotopic (exact) mass is 654 g/mol. The third-order valence-corrected chi connectivity index (χ3v) is 10.6. The first kappa shape index (κ1) is 35.0. The van der Waals surface area contributed by atoms with Crippen LogP contribution < -0.4 is 15.4 Å². The van der Waals surface area contributed by atoms with Gasteiger partial charge >= 0.3 is 6.18 Å². The molecule has 0 bridgehead atoms. The number of sulfonamides is 1. The minimum absolute atomic E-state index is 0.0863. The van der Waals surface area contributed by atoms with Crippen molar-refractivity contribution in [3.63, 3.8) is 0 Å². The second-order valence-corrected chi connectivity index (χ2v) is 15.0. The van der Waals surface area contributed by atoms with Gasteiger partial charge in [0.15, 0.2) is 0 Å². The third-order valence-electron chi connectivity index (χ3n) is 8.83. The van der Waals surface area contributed by atoms with Crippen LogP contribution in [0.4, 0.5) is 13.2 Å². The van der Waals surface area contributed by atoms with Gasteiger partial charge in [-0.05, 0) is 83.1 Å². The Kier molecular flexibility index (Phi) is 10.4. The number of benzene rings is 1. The number of halogens is 3. The van der Waals surface area contributed by atoms with Crippen molar-refractivity contribution in [1.29, 1.82) is 0 Å². The lowest BCUT2D eigenvalue weighted by Gasteiger charge is -2.35. The molecule has 2 fully saturated rings. The smallest absolute Gasteiger partial charge is 0.381 e. The van der Waals surface area contributed by atoms with Gasteiger partial charge in [-0.2, -0.15) is 13.2 Å². The maximum Gasteiger partial charge on any atom is 0.417 e. The standard InChI is InChI=1S/C32H45F3N4O5S/c1-21-24(28(40)37-20-31(29(41)36-5)13-15-44-16-14-31)18-26(39(21)19-22-9-7-6-8-10-22)23-11-12-27(25(17-23)32(33,34)35)45(42,43)38-30(2,3)4/h11-12,17-18,22,38H,6-10,13-16,19-20H2,1-5H3,(H,36,41)(H,37,40). The van der Waals surface area contributed by atoms with Gasteiger partial charge in [0.05, 0.1) is 21.4 Å². The highest BCUT2D eigenvalue weighted by atomic mass is 32.2. The first-order valence-corrected chi connectivity index (χ1v) is 17.0. The molecule has 4 rings (SSSR count). The molecule has 1 saturated carbocycles. The molecule has 2 heterocycles. The predicted octanol–water partition coefficient (Wildman–Crippen LogP) is 5.41. The molecule has 1 aliphatic heterocycles. The Balaban J connectivity index is 1.76. The summed E-state index contributed by atoms with van der Waals surface area (Å²) in [4.78, 5) is 25.6. The van der Waals surface area contributed by atoms with Crippen LogP contribution in [-0.4, -0.2) is 57.1 Å². The largest absolute Gasteiger partial charge is 0.417 e. The zero-order chi connectivity index (χ0) is 33.2. The molecule has 0 unspecified atom stereocenters. The molecule has 13 heteroatoms. The summed E-state index contributed by atoms with van der Waals surface area (Å²) in [7, 11) is -2.95. The van der Waals surface area contributed by atoms with E-state index in [-0.39, 0.29) is 23.9 Å². The van der Waals surface area contributed by atoms with Crippen LogP contribution >= 0.6 is 0 Å². The molecule has 3 N–H and O–H groups in total. The highest BCUT2D eigenvalue weighted by molar-refractivity contribution is 7.89. The highest BCUT2D eigenvalue weighted by Gasteiger charge is 2.41. The number of carbonyl (C=O) groups excluding carboxylic acids is 2. The van der Waals surface area contributed by atoms with Gasteiger partial charge in [-0.15, -0.1) is 0 Å². The lowest BCUT2D eigenvalue weighted by molar-refractivity contribution is -0.140. The van der Waals surface area contributed by atoms with Gasteiger partial charge in [0.1, 0.15) is 0 Å². The molecule has 1 aromatic carbocycles. The maximum absolute atomic E-state index is 14.4. The number of nitrogens with one attached hydrogen (secondary N) is 3. The lowest BCUT2D eigenvalue weighted by atomic mass is 9.79. The molecule has 2 amide bonds. The second-order valence-electron chi connectivity index (χ2n) is 13.4. The number of amides is 2. The minimum Gasteiger partial charge on any atom is -0.381 e. The number of ether oxygens (including phenoxy) is 1. The number of aromatic nitrogens is 1. The molecule has 1 aliphatic carbocycles. The molecule has 0 spiro atoms. The van der Waals surface area contributed by atoms with Crippen molar-refractivity contribution in [2.75, 3.05) is 26.8 Å². The zero-order valence-corrected chi connectivity index (χ0v) is 27.5. The Labute approximate surface area is 263 Å². The van der Waals surface area contributed by atoms with E-state index < -0.39 is 43.5 Å². The molecular formula is C32H45F3N4O5S. The Hall–Kier alpha value is -2.90.